The Hall–Kier alpha value is -3.29. The summed E-state index contributed by atoms with van der Waals surface area (Å²) in [5.74, 6) is -1.02. The Kier molecular flexibility index (Phi) is 4.66. The van der Waals surface area contributed by atoms with E-state index in [1.807, 2.05) is 52.0 Å². The average molecular weight is 353 g/mol. The van der Waals surface area contributed by atoms with Crippen LogP contribution in [0.5, 0.6) is 0 Å². The fourth-order valence-corrected chi connectivity index (χ4v) is 2.64. The lowest BCUT2D eigenvalue weighted by molar-refractivity contribution is -0.119. The molecule has 0 atom stereocenters. The lowest BCUT2D eigenvalue weighted by Gasteiger charge is -2.11. The summed E-state index contributed by atoms with van der Waals surface area (Å²) in [6.45, 7) is 7.04. The number of para-hydroxylation sites is 1. The van der Waals surface area contributed by atoms with Gasteiger partial charge >= 0.3 is 5.97 Å². The van der Waals surface area contributed by atoms with Crippen molar-refractivity contribution >= 4 is 23.3 Å². The summed E-state index contributed by atoms with van der Waals surface area (Å²) < 4.78 is 6.48. The summed E-state index contributed by atoms with van der Waals surface area (Å²) in [7, 11) is 0. The molecular weight excluding hydrogens is 334 g/mol. The molecule has 0 bridgehead atoms. The quantitative estimate of drug-likeness (QED) is 0.722. The number of amides is 1. The minimum Gasteiger partial charge on any atom is -0.450 e. The van der Waals surface area contributed by atoms with Crippen LogP contribution in [0.3, 0.4) is 0 Å². The molecule has 0 spiro atoms. The molecule has 26 heavy (non-hydrogen) atoms. The molecule has 1 amide bonds. The smallest absolute Gasteiger partial charge is 0.378 e. The van der Waals surface area contributed by atoms with E-state index in [4.69, 9.17) is 4.74 Å². The molecule has 0 aliphatic rings. The zero-order valence-corrected chi connectivity index (χ0v) is 15.0. The van der Waals surface area contributed by atoms with Crippen LogP contribution >= 0.6 is 0 Å². The van der Waals surface area contributed by atoms with Crippen LogP contribution in [0.2, 0.25) is 0 Å². The maximum atomic E-state index is 12.1. The second-order valence-electron chi connectivity index (χ2n) is 6.08. The van der Waals surface area contributed by atoms with E-state index in [0.717, 1.165) is 28.2 Å². The van der Waals surface area contributed by atoms with Gasteiger partial charge in [0.05, 0.1) is 0 Å². The minimum absolute atomic E-state index is 0.133. The second-order valence-corrected chi connectivity index (χ2v) is 6.08. The number of nitrogens with one attached hydrogen (secondary N) is 1. The normalized spacial score (nSPS) is 10.8. The lowest BCUT2D eigenvalue weighted by Crippen LogP contribution is -2.22. The molecule has 0 aliphatic carbocycles. The molecule has 8 nitrogen and oxygen atoms in total. The number of nitrogens with zero attached hydrogens (tertiary/aromatic N) is 4. The van der Waals surface area contributed by atoms with Gasteiger partial charge in [-0.2, -0.15) is 4.98 Å². The number of carbonyl (C=O) groups is 2. The van der Waals surface area contributed by atoms with E-state index in [0.29, 0.717) is 5.78 Å². The van der Waals surface area contributed by atoms with Crippen LogP contribution in [0.1, 0.15) is 33.1 Å². The first-order valence-electron chi connectivity index (χ1n) is 8.09. The minimum atomic E-state index is -0.774. The molecule has 8 heteroatoms. The first-order chi connectivity index (χ1) is 12.3. The highest BCUT2D eigenvalue weighted by Crippen LogP contribution is 2.19. The van der Waals surface area contributed by atoms with Crippen molar-refractivity contribution in [3.63, 3.8) is 0 Å². The van der Waals surface area contributed by atoms with Gasteiger partial charge < -0.3 is 10.1 Å². The molecule has 1 aromatic carbocycles. The van der Waals surface area contributed by atoms with Crippen molar-refractivity contribution in [2.24, 2.45) is 0 Å². The predicted octanol–water partition coefficient (Wildman–Crippen LogP) is 2.15. The number of benzene rings is 1. The zero-order valence-electron chi connectivity index (χ0n) is 15.0. The fourth-order valence-electron chi connectivity index (χ4n) is 2.64. The lowest BCUT2D eigenvalue weighted by atomic mass is 10.1. The van der Waals surface area contributed by atoms with E-state index in [1.165, 1.54) is 4.52 Å². The van der Waals surface area contributed by atoms with Crippen molar-refractivity contribution in [2.75, 3.05) is 11.9 Å². The summed E-state index contributed by atoms with van der Waals surface area (Å²) in [6, 6.07) is 7.53. The van der Waals surface area contributed by atoms with Gasteiger partial charge in [-0.1, -0.05) is 18.2 Å². The molecule has 0 fully saturated rings. The number of hydrogen-bond acceptors (Lipinski definition) is 6. The third-order valence-corrected chi connectivity index (χ3v) is 3.88. The van der Waals surface area contributed by atoms with Crippen LogP contribution in [0.25, 0.3) is 5.78 Å². The Bertz CT molecular complexity index is 989. The number of anilines is 1. The molecule has 2 heterocycles. The summed E-state index contributed by atoms with van der Waals surface area (Å²) in [6.07, 6.45) is 0. The van der Waals surface area contributed by atoms with Crippen LogP contribution < -0.4 is 5.32 Å². The molecule has 0 saturated carbocycles. The van der Waals surface area contributed by atoms with E-state index >= 15 is 0 Å². The van der Waals surface area contributed by atoms with Gasteiger partial charge in [0, 0.05) is 17.1 Å². The van der Waals surface area contributed by atoms with Gasteiger partial charge in [0.15, 0.2) is 6.61 Å². The van der Waals surface area contributed by atoms with Gasteiger partial charge in [0.1, 0.15) is 0 Å². The van der Waals surface area contributed by atoms with Gasteiger partial charge in [0.2, 0.25) is 0 Å². The first-order valence-corrected chi connectivity index (χ1v) is 8.09. The highest BCUT2D eigenvalue weighted by molar-refractivity contribution is 5.95. The van der Waals surface area contributed by atoms with E-state index in [9.17, 15) is 9.59 Å². The Balaban J connectivity index is 1.67. The number of aromatic nitrogens is 4. The molecule has 0 radical (unpaired) electrons. The van der Waals surface area contributed by atoms with Crippen LogP contribution in [0.4, 0.5) is 5.69 Å². The third kappa shape index (κ3) is 3.53. The van der Waals surface area contributed by atoms with Crippen molar-refractivity contribution in [1.82, 2.24) is 19.6 Å². The Labute approximate surface area is 150 Å². The Morgan fingerprint density at radius 2 is 1.81 bits per heavy atom. The number of carbonyl (C=O) groups excluding carboxylic acids is 2. The first kappa shape index (κ1) is 17.5. The monoisotopic (exact) mass is 353 g/mol. The van der Waals surface area contributed by atoms with Gasteiger partial charge in [-0.3, -0.25) is 4.79 Å². The highest BCUT2D eigenvalue weighted by Gasteiger charge is 2.18. The average Bonchev–Trinajstić information content (AvgIpc) is 3.00. The van der Waals surface area contributed by atoms with E-state index in [1.54, 1.807) is 0 Å². The second kappa shape index (κ2) is 6.91. The molecule has 3 rings (SSSR count). The standard InChI is InChI=1S/C18H19N5O3/c1-10-6-5-7-11(2)15(10)20-14(24)9-26-17(25)16-21-18-19-12(3)8-13(4)23(18)22-16/h5-8H,9H2,1-4H3,(H,20,24). The number of fused-ring (bicyclic) bond motifs is 1. The molecule has 2 aromatic heterocycles. The van der Waals surface area contributed by atoms with Crippen LogP contribution in [-0.2, 0) is 9.53 Å². The van der Waals surface area contributed by atoms with Crippen LogP contribution in [0.15, 0.2) is 24.3 Å². The molecule has 1 N–H and O–H groups in total. The van der Waals surface area contributed by atoms with Crippen molar-refractivity contribution in [3.8, 4) is 0 Å². The zero-order chi connectivity index (χ0) is 18.8. The Morgan fingerprint density at radius 3 is 2.50 bits per heavy atom. The van der Waals surface area contributed by atoms with Crippen molar-refractivity contribution < 1.29 is 14.3 Å². The van der Waals surface area contributed by atoms with Gasteiger partial charge in [0.25, 0.3) is 17.5 Å². The SMILES string of the molecule is Cc1cc(C)n2nc(C(=O)OCC(=O)Nc3c(C)cccc3C)nc2n1. The van der Waals surface area contributed by atoms with Crippen molar-refractivity contribution in [1.29, 1.82) is 0 Å². The fraction of sp³-hybridized carbons (Fsp3) is 0.278. The largest absolute Gasteiger partial charge is 0.450 e. The molecule has 134 valence electrons. The maximum Gasteiger partial charge on any atom is 0.378 e. The maximum absolute atomic E-state index is 12.1. The van der Waals surface area contributed by atoms with E-state index in [-0.39, 0.29) is 5.82 Å². The third-order valence-electron chi connectivity index (χ3n) is 3.88. The van der Waals surface area contributed by atoms with E-state index in [2.05, 4.69) is 20.4 Å². The van der Waals surface area contributed by atoms with Crippen molar-refractivity contribution in [3.05, 3.63) is 52.6 Å². The topological polar surface area (TPSA) is 98.5 Å². The molecule has 3 aromatic rings. The summed E-state index contributed by atoms with van der Waals surface area (Å²) >= 11 is 0. The van der Waals surface area contributed by atoms with Crippen molar-refractivity contribution in [2.45, 2.75) is 27.7 Å². The summed E-state index contributed by atoms with van der Waals surface area (Å²) in [4.78, 5) is 32.5. The van der Waals surface area contributed by atoms with E-state index < -0.39 is 18.5 Å². The highest BCUT2D eigenvalue weighted by atomic mass is 16.5. The Morgan fingerprint density at radius 1 is 1.12 bits per heavy atom. The van der Waals surface area contributed by atoms with Gasteiger partial charge in [-0.25, -0.2) is 14.3 Å². The number of aryl methyl sites for hydroxylation is 4. The van der Waals surface area contributed by atoms with Crippen LogP contribution in [-0.4, -0.2) is 38.1 Å². The van der Waals surface area contributed by atoms with Gasteiger partial charge in [-0.15, -0.1) is 5.10 Å². The molecular formula is C18H19N5O3. The number of ether oxygens (including phenoxy) is 1. The number of esters is 1. The summed E-state index contributed by atoms with van der Waals surface area (Å²) in [5.41, 5.74) is 4.16. The molecule has 0 saturated heterocycles. The van der Waals surface area contributed by atoms with Crippen LogP contribution in [0, 0.1) is 27.7 Å². The van der Waals surface area contributed by atoms with Gasteiger partial charge in [-0.05, 0) is 44.9 Å². The predicted molar refractivity (Wildman–Crippen MR) is 95.1 cm³/mol. The summed E-state index contributed by atoms with van der Waals surface area (Å²) in [5, 5.41) is 6.83. The molecule has 0 aliphatic heterocycles. The number of rotatable bonds is 4. The molecule has 0 unspecified atom stereocenters. The number of hydrogen-bond donors (Lipinski definition) is 1.